The monoisotopic (exact) mass is 573 g/mol. The third-order valence-corrected chi connectivity index (χ3v) is 9.09. The van der Waals surface area contributed by atoms with Crippen molar-refractivity contribution in [2.45, 2.75) is 31.4 Å². The third kappa shape index (κ3) is 3.93. The molecule has 1 aliphatic heterocycles. The van der Waals surface area contributed by atoms with Crippen molar-refractivity contribution in [2.75, 3.05) is 0 Å². The number of aromatic nitrogens is 3. The van der Waals surface area contributed by atoms with Crippen molar-refractivity contribution in [3.8, 4) is 16.9 Å². The second-order valence-electron chi connectivity index (χ2n) is 11.6. The summed E-state index contributed by atoms with van der Waals surface area (Å²) in [6, 6.07) is 27.3. The zero-order valence-corrected chi connectivity index (χ0v) is 23.1. The standard InChI is InChI=1S/C35H25F2N3O3/c1-35-25-14-19(6-11-24(25)21-8-12-26(36)27(37)15-21)17-40-30-13-10-23(16-29(30)39-33(40)31(35)32(35)34(41)42)43-18-22-9-7-20-4-2-3-5-28(20)38-22/h2-16,31-32H,17-18H2,1H3,(H,41,42)/t31-,32+,35?/m0/s1. The molecule has 2 bridgehead atoms. The summed E-state index contributed by atoms with van der Waals surface area (Å²) in [5, 5.41) is 11.4. The first-order chi connectivity index (χ1) is 20.8. The quantitative estimate of drug-likeness (QED) is 0.236. The first kappa shape index (κ1) is 25.6. The van der Waals surface area contributed by atoms with Gasteiger partial charge in [-0.3, -0.25) is 4.79 Å². The molecule has 3 heterocycles. The summed E-state index contributed by atoms with van der Waals surface area (Å²) in [4.78, 5) is 22.3. The van der Waals surface area contributed by atoms with E-state index in [4.69, 9.17) is 9.72 Å². The molecule has 1 N–H and O–H groups in total. The van der Waals surface area contributed by atoms with Gasteiger partial charge in [0.05, 0.1) is 28.2 Å². The molecule has 212 valence electrons. The summed E-state index contributed by atoms with van der Waals surface area (Å²) < 4.78 is 36.1. The number of carboxylic acid groups (broad SMARTS) is 1. The van der Waals surface area contributed by atoms with Crippen molar-refractivity contribution in [1.29, 1.82) is 0 Å². The Kier molecular flexibility index (Phi) is 5.47. The van der Waals surface area contributed by atoms with Gasteiger partial charge in [0, 0.05) is 29.3 Å². The molecule has 8 heteroatoms. The second kappa shape index (κ2) is 9.19. The van der Waals surface area contributed by atoms with Crippen molar-refractivity contribution >= 4 is 27.9 Å². The summed E-state index contributed by atoms with van der Waals surface area (Å²) in [6.07, 6.45) is 0. The zero-order chi connectivity index (χ0) is 29.5. The first-order valence-electron chi connectivity index (χ1n) is 14.1. The molecule has 1 aliphatic carbocycles. The Morgan fingerprint density at radius 1 is 0.953 bits per heavy atom. The van der Waals surface area contributed by atoms with Gasteiger partial charge in [-0.1, -0.05) is 55.5 Å². The minimum atomic E-state index is -0.942. The topological polar surface area (TPSA) is 77.2 Å². The number of ether oxygens (including phenoxy) is 1. The van der Waals surface area contributed by atoms with E-state index in [2.05, 4.69) is 9.55 Å². The Hall–Kier alpha value is -5.11. The third-order valence-electron chi connectivity index (χ3n) is 9.09. The van der Waals surface area contributed by atoms with Gasteiger partial charge in [-0.15, -0.1) is 0 Å². The van der Waals surface area contributed by atoms with E-state index in [1.807, 2.05) is 79.7 Å². The Balaban J connectivity index is 1.17. The molecule has 43 heavy (non-hydrogen) atoms. The molecule has 0 radical (unpaired) electrons. The molecule has 1 unspecified atom stereocenters. The lowest BCUT2D eigenvalue weighted by molar-refractivity contribution is -0.139. The van der Waals surface area contributed by atoms with E-state index in [0.29, 0.717) is 41.4 Å². The van der Waals surface area contributed by atoms with E-state index in [1.165, 1.54) is 12.1 Å². The lowest BCUT2D eigenvalue weighted by Crippen LogP contribution is -2.16. The first-order valence-corrected chi connectivity index (χ1v) is 14.1. The number of rotatable bonds is 5. The number of nitrogens with zero attached hydrogens (tertiary/aromatic N) is 3. The Labute approximate surface area is 245 Å². The number of pyridine rings is 1. The maximum Gasteiger partial charge on any atom is 0.308 e. The number of imidazole rings is 1. The molecular weight excluding hydrogens is 548 g/mol. The summed E-state index contributed by atoms with van der Waals surface area (Å²) >= 11 is 0. The van der Waals surface area contributed by atoms with Gasteiger partial charge in [-0.05, 0) is 58.7 Å². The Bertz CT molecular complexity index is 2120. The molecule has 6 aromatic rings. The van der Waals surface area contributed by atoms with Crippen LogP contribution in [0, 0.1) is 17.6 Å². The van der Waals surface area contributed by atoms with E-state index in [1.54, 1.807) is 0 Å². The van der Waals surface area contributed by atoms with E-state index in [0.717, 1.165) is 39.3 Å². The molecule has 6 nitrogen and oxygen atoms in total. The van der Waals surface area contributed by atoms with Crippen LogP contribution in [0.25, 0.3) is 33.1 Å². The average Bonchev–Trinajstić information content (AvgIpc) is 3.50. The summed E-state index contributed by atoms with van der Waals surface area (Å²) in [5.74, 6) is -2.57. The fourth-order valence-electron chi connectivity index (χ4n) is 6.87. The van der Waals surface area contributed by atoms with Gasteiger partial charge in [-0.2, -0.15) is 0 Å². The average molecular weight is 574 g/mol. The van der Waals surface area contributed by atoms with Crippen molar-refractivity contribution in [1.82, 2.24) is 14.5 Å². The molecule has 1 fully saturated rings. The summed E-state index contributed by atoms with van der Waals surface area (Å²) in [7, 11) is 0. The Morgan fingerprint density at radius 3 is 2.65 bits per heavy atom. The Morgan fingerprint density at radius 2 is 1.81 bits per heavy atom. The van der Waals surface area contributed by atoms with Crippen LogP contribution in [0.1, 0.15) is 35.5 Å². The molecule has 4 aromatic carbocycles. The van der Waals surface area contributed by atoms with Crippen LogP contribution in [0.3, 0.4) is 0 Å². The van der Waals surface area contributed by atoms with Gasteiger partial charge in [0.25, 0.3) is 0 Å². The van der Waals surface area contributed by atoms with Crippen LogP contribution in [-0.4, -0.2) is 25.6 Å². The van der Waals surface area contributed by atoms with E-state index in [-0.39, 0.29) is 0 Å². The van der Waals surface area contributed by atoms with Gasteiger partial charge in [0.1, 0.15) is 18.2 Å². The van der Waals surface area contributed by atoms with Crippen molar-refractivity contribution < 1.29 is 23.4 Å². The number of carboxylic acids is 1. The van der Waals surface area contributed by atoms with Crippen LogP contribution in [0.4, 0.5) is 8.78 Å². The molecule has 1 saturated carbocycles. The predicted octanol–water partition coefficient (Wildman–Crippen LogP) is 7.23. The second-order valence-corrected chi connectivity index (χ2v) is 11.6. The van der Waals surface area contributed by atoms with Crippen LogP contribution < -0.4 is 4.74 Å². The number of halogens is 2. The normalized spacial score (nSPS) is 20.3. The molecule has 2 aromatic heterocycles. The smallest absolute Gasteiger partial charge is 0.308 e. The van der Waals surface area contributed by atoms with Crippen LogP contribution in [-0.2, 0) is 23.4 Å². The van der Waals surface area contributed by atoms with Crippen molar-refractivity contribution in [2.24, 2.45) is 5.92 Å². The number of benzene rings is 4. The molecule has 0 spiro atoms. The highest BCUT2D eigenvalue weighted by molar-refractivity contribution is 5.85. The molecule has 0 amide bonds. The highest BCUT2D eigenvalue weighted by Gasteiger charge is 2.69. The largest absolute Gasteiger partial charge is 0.487 e. The minimum Gasteiger partial charge on any atom is -0.487 e. The summed E-state index contributed by atoms with van der Waals surface area (Å²) in [5.41, 5.74) is 5.51. The fraction of sp³-hybridized carbons (Fsp3) is 0.171. The summed E-state index contributed by atoms with van der Waals surface area (Å²) in [6.45, 7) is 2.72. The minimum absolute atomic E-state index is 0.296. The maximum absolute atomic E-state index is 14.2. The number of aliphatic carboxylic acids is 1. The maximum atomic E-state index is 14.2. The lowest BCUT2D eigenvalue weighted by Gasteiger charge is -2.22. The molecule has 8 rings (SSSR count). The molecule has 2 aliphatic rings. The van der Waals surface area contributed by atoms with Crippen LogP contribution in [0.2, 0.25) is 0 Å². The van der Waals surface area contributed by atoms with Crippen molar-refractivity contribution in [3.05, 3.63) is 125 Å². The molecule has 3 atom stereocenters. The number of fused-ring (bicyclic) bond motifs is 9. The SMILES string of the molecule is CC12c3cc(ccc3-c3ccc(F)c(F)c3)Cn3c(nc4cc(OCc5ccc6ccccc6n5)ccc43)[C@@H]1[C@@H]2C(=O)O. The van der Waals surface area contributed by atoms with Gasteiger partial charge >= 0.3 is 5.97 Å². The number of para-hydroxylation sites is 1. The van der Waals surface area contributed by atoms with E-state index in [9.17, 15) is 18.7 Å². The highest BCUT2D eigenvalue weighted by Crippen LogP contribution is 2.67. The van der Waals surface area contributed by atoms with E-state index >= 15 is 0 Å². The van der Waals surface area contributed by atoms with Gasteiger partial charge in [0.15, 0.2) is 11.6 Å². The van der Waals surface area contributed by atoms with Gasteiger partial charge in [-0.25, -0.2) is 18.7 Å². The van der Waals surface area contributed by atoms with Crippen molar-refractivity contribution in [3.63, 3.8) is 0 Å². The van der Waals surface area contributed by atoms with E-state index < -0.39 is 34.9 Å². The van der Waals surface area contributed by atoms with Crippen LogP contribution >= 0.6 is 0 Å². The van der Waals surface area contributed by atoms with Gasteiger partial charge < -0.3 is 14.4 Å². The lowest BCUT2D eigenvalue weighted by atomic mass is 9.84. The molecule has 0 saturated heterocycles. The van der Waals surface area contributed by atoms with Crippen LogP contribution in [0.5, 0.6) is 5.75 Å². The number of carbonyl (C=O) groups is 1. The fourth-order valence-corrected chi connectivity index (χ4v) is 6.87. The number of hydrogen-bond donors (Lipinski definition) is 1. The number of hydrogen-bond acceptors (Lipinski definition) is 4. The highest BCUT2D eigenvalue weighted by atomic mass is 19.2. The van der Waals surface area contributed by atoms with Gasteiger partial charge in [0.2, 0.25) is 0 Å². The zero-order valence-electron chi connectivity index (χ0n) is 23.1. The van der Waals surface area contributed by atoms with Crippen LogP contribution in [0.15, 0.2) is 91.0 Å². The molecular formula is C35H25F2N3O3. The predicted molar refractivity (Wildman–Crippen MR) is 158 cm³/mol.